The smallest absolute Gasteiger partial charge is 0.277 e. The van der Waals surface area contributed by atoms with Crippen LogP contribution in [-0.2, 0) is 13.0 Å². The van der Waals surface area contributed by atoms with Gasteiger partial charge in [-0.25, -0.2) is 13.5 Å². The van der Waals surface area contributed by atoms with Crippen LogP contribution in [0.1, 0.15) is 40.5 Å². The second-order valence-electron chi connectivity index (χ2n) is 6.54. The van der Waals surface area contributed by atoms with Crippen molar-refractivity contribution in [3.8, 4) is 0 Å². The van der Waals surface area contributed by atoms with Crippen LogP contribution in [0.4, 0.5) is 14.6 Å². The van der Waals surface area contributed by atoms with Gasteiger partial charge in [-0.2, -0.15) is 10.2 Å². The summed E-state index contributed by atoms with van der Waals surface area (Å²) >= 11 is 0. The number of rotatable bonds is 5. The first-order valence-electron chi connectivity index (χ1n) is 8.86. The number of carbonyl (C=O) groups excluding carboxylic acids is 1. The minimum absolute atomic E-state index is 0.0524. The highest BCUT2D eigenvalue weighted by molar-refractivity contribution is 6.02. The number of nitrogens with zero attached hydrogens (tertiary/aromatic N) is 4. The van der Waals surface area contributed by atoms with Crippen molar-refractivity contribution in [3.05, 3.63) is 65.6 Å². The molecule has 1 unspecified atom stereocenters. The van der Waals surface area contributed by atoms with Gasteiger partial charge in [0.2, 0.25) is 0 Å². The number of carbonyl (C=O) groups is 1. The lowest BCUT2D eigenvalue weighted by molar-refractivity contribution is 0.101. The van der Waals surface area contributed by atoms with Gasteiger partial charge < -0.3 is 5.32 Å². The van der Waals surface area contributed by atoms with E-state index in [2.05, 4.69) is 27.6 Å². The van der Waals surface area contributed by atoms with E-state index in [0.29, 0.717) is 5.82 Å². The second kappa shape index (κ2) is 7.30. The first kappa shape index (κ1) is 17.4. The van der Waals surface area contributed by atoms with E-state index in [9.17, 15) is 13.6 Å². The quantitative estimate of drug-likeness (QED) is 0.746. The highest BCUT2D eigenvalue weighted by Gasteiger charge is 2.24. The van der Waals surface area contributed by atoms with Crippen molar-refractivity contribution >= 4 is 11.7 Å². The van der Waals surface area contributed by atoms with E-state index in [1.807, 2.05) is 16.8 Å². The number of aromatic nitrogens is 4. The maximum Gasteiger partial charge on any atom is 0.277 e. The van der Waals surface area contributed by atoms with Gasteiger partial charge in [-0.05, 0) is 36.5 Å². The molecular weight excluding hydrogens is 352 g/mol. The van der Waals surface area contributed by atoms with Crippen LogP contribution in [0.2, 0.25) is 0 Å². The van der Waals surface area contributed by atoms with Crippen LogP contribution < -0.4 is 5.32 Å². The van der Waals surface area contributed by atoms with Crippen molar-refractivity contribution in [2.45, 2.75) is 38.3 Å². The maximum atomic E-state index is 12.5. The van der Waals surface area contributed by atoms with Crippen molar-refractivity contribution in [2.75, 3.05) is 5.32 Å². The zero-order valence-electron chi connectivity index (χ0n) is 14.6. The molecule has 27 heavy (non-hydrogen) atoms. The average Bonchev–Trinajstić information content (AvgIpc) is 3.30. The number of halogens is 2. The molecule has 0 aliphatic heterocycles. The number of alkyl halides is 2. The highest BCUT2D eigenvalue weighted by atomic mass is 19.3. The largest absolute Gasteiger partial charge is 0.305 e. The van der Waals surface area contributed by atoms with Crippen molar-refractivity contribution in [1.29, 1.82) is 0 Å². The molecule has 4 rings (SSSR count). The Labute approximate surface area is 154 Å². The molecule has 3 aromatic rings. The van der Waals surface area contributed by atoms with Gasteiger partial charge in [0.1, 0.15) is 12.4 Å². The summed E-state index contributed by atoms with van der Waals surface area (Å²) in [6.45, 7) is -0.538. The van der Waals surface area contributed by atoms with Gasteiger partial charge in [-0.3, -0.25) is 9.48 Å². The third kappa shape index (κ3) is 3.60. The average molecular weight is 371 g/mol. The standard InChI is InChI=1S/C19H19F2N5O/c20-17(21)12-25-11-9-15(24-25)19(27)23-18-8-10-22-26(18)16-7-3-5-13-4-1-2-6-14(13)16/h1-2,4,6,8-11,16-17H,3,5,7,12H2,(H,23,27). The molecule has 1 aliphatic carbocycles. The number of nitrogens with one attached hydrogen (secondary N) is 1. The zero-order valence-corrected chi connectivity index (χ0v) is 14.6. The molecule has 1 aromatic carbocycles. The van der Waals surface area contributed by atoms with Crippen molar-refractivity contribution in [2.24, 2.45) is 0 Å². The second-order valence-corrected chi connectivity index (χ2v) is 6.54. The van der Waals surface area contributed by atoms with E-state index in [0.717, 1.165) is 23.9 Å². The molecule has 0 spiro atoms. The van der Waals surface area contributed by atoms with E-state index in [1.54, 1.807) is 12.3 Å². The molecular formula is C19H19F2N5O. The minimum Gasteiger partial charge on any atom is -0.305 e. The molecule has 1 aliphatic rings. The summed E-state index contributed by atoms with van der Waals surface area (Å²) in [5, 5.41) is 11.1. The van der Waals surface area contributed by atoms with Crippen LogP contribution in [0.5, 0.6) is 0 Å². The summed E-state index contributed by atoms with van der Waals surface area (Å²) in [6.07, 6.45) is 3.51. The van der Waals surface area contributed by atoms with Crippen LogP contribution in [-0.4, -0.2) is 31.9 Å². The van der Waals surface area contributed by atoms with E-state index < -0.39 is 18.9 Å². The van der Waals surface area contributed by atoms with Gasteiger partial charge in [0, 0.05) is 12.3 Å². The predicted molar refractivity (Wildman–Crippen MR) is 95.9 cm³/mol. The van der Waals surface area contributed by atoms with Crippen LogP contribution >= 0.6 is 0 Å². The molecule has 1 N–H and O–H groups in total. The zero-order chi connectivity index (χ0) is 18.8. The number of benzene rings is 1. The van der Waals surface area contributed by atoms with E-state index in [4.69, 9.17) is 0 Å². The first-order valence-corrected chi connectivity index (χ1v) is 8.86. The van der Waals surface area contributed by atoms with Gasteiger partial charge in [0.05, 0.1) is 12.2 Å². The normalized spacial score (nSPS) is 16.3. The maximum absolute atomic E-state index is 12.5. The van der Waals surface area contributed by atoms with Gasteiger partial charge in [0.25, 0.3) is 12.3 Å². The van der Waals surface area contributed by atoms with Crippen LogP contribution in [0, 0.1) is 0 Å². The van der Waals surface area contributed by atoms with Crippen molar-refractivity contribution in [1.82, 2.24) is 19.6 Å². The molecule has 0 saturated carbocycles. The molecule has 6 nitrogen and oxygen atoms in total. The number of hydrogen-bond donors (Lipinski definition) is 1. The minimum atomic E-state index is -2.52. The Bertz CT molecular complexity index is 949. The first-order chi connectivity index (χ1) is 13.1. The molecule has 0 saturated heterocycles. The molecule has 0 fully saturated rings. The Morgan fingerprint density at radius 3 is 2.96 bits per heavy atom. The fourth-order valence-corrected chi connectivity index (χ4v) is 3.55. The lowest BCUT2D eigenvalue weighted by Gasteiger charge is -2.27. The van der Waals surface area contributed by atoms with E-state index in [-0.39, 0.29) is 11.7 Å². The molecule has 140 valence electrons. The molecule has 0 bridgehead atoms. The molecule has 0 radical (unpaired) electrons. The summed E-state index contributed by atoms with van der Waals surface area (Å²) < 4.78 is 27.8. The molecule has 2 aromatic heterocycles. The summed E-state index contributed by atoms with van der Waals surface area (Å²) in [7, 11) is 0. The number of amides is 1. The lowest BCUT2D eigenvalue weighted by Crippen LogP contribution is -2.22. The Morgan fingerprint density at radius 2 is 2.11 bits per heavy atom. The fourth-order valence-electron chi connectivity index (χ4n) is 3.55. The number of anilines is 1. The summed E-state index contributed by atoms with van der Waals surface area (Å²) in [6, 6.07) is 11.5. The fraction of sp³-hybridized carbons (Fsp3) is 0.316. The number of hydrogen-bond acceptors (Lipinski definition) is 3. The van der Waals surface area contributed by atoms with Crippen LogP contribution in [0.25, 0.3) is 0 Å². The van der Waals surface area contributed by atoms with Crippen molar-refractivity contribution < 1.29 is 13.6 Å². The topological polar surface area (TPSA) is 64.7 Å². The SMILES string of the molecule is O=C(Nc1ccnn1C1CCCc2ccccc21)c1ccn(CC(F)F)n1. The monoisotopic (exact) mass is 371 g/mol. The van der Waals surface area contributed by atoms with Gasteiger partial charge in [0.15, 0.2) is 5.69 Å². The molecule has 1 amide bonds. The predicted octanol–water partition coefficient (Wildman–Crippen LogP) is 3.52. The van der Waals surface area contributed by atoms with Crippen LogP contribution in [0.3, 0.4) is 0 Å². The molecule has 2 heterocycles. The van der Waals surface area contributed by atoms with E-state index in [1.165, 1.54) is 23.4 Å². The summed E-state index contributed by atoms with van der Waals surface area (Å²) in [5.41, 5.74) is 2.60. The Morgan fingerprint density at radius 1 is 1.26 bits per heavy atom. The van der Waals surface area contributed by atoms with Gasteiger partial charge >= 0.3 is 0 Å². The molecule has 8 heteroatoms. The third-order valence-corrected chi connectivity index (χ3v) is 4.74. The van der Waals surface area contributed by atoms with Gasteiger partial charge in [-0.15, -0.1) is 0 Å². The van der Waals surface area contributed by atoms with Gasteiger partial charge in [-0.1, -0.05) is 24.3 Å². The summed E-state index contributed by atoms with van der Waals surface area (Å²) in [4.78, 5) is 12.5. The number of aryl methyl sites for hydroxylation is 1. The Hall–Kier alpha value is -3.03. The Kier molecular flexibility index (Phi) is 4.70. The third-order valence-electron chi connectivity index (χ3n) is 4.74. The lowest BCUT2D eigenvalue weighted by atomic mass is 9.88. The Balaban J connectivity index is 1.55. The van der Waals surface area contributed by atoms with Crippen LogP contribution in [0.15, 0.2) is 48.8 Å². The van der Waals surface area contributed by atoms with E-state index >= 15 is 0 Å². The summed E-state index contributed by atoms with van der Waals surface area (Å²) in [5.74, 6) is 0.110. The number of fused-ring (bicyclic) bond motifs is 1. The van der Waals surface area contributed by atoms with Crippen molar-refractivity contribution in [3.63, 3.8) is 0 Å². The molecule has 1 atom stereocenters. The highest BCUT2D eigenvalue weighted by Crippen LogP contribution is 2.34.